The summed E-state index contributed by atoms with van der Waals surface area (Å²) < 4.78 is 21.2. The van der Waals surface area contributed by atoms with Crippen LogP contribution in [0.5, 0.6) is 0 Å². The van der Waals surface area contributed by atoms with Crippen LogP contribution in [0.15, 0.2) is 0 Å². The summed E-state index contributed by atoms with van der Waals surface area (Å²) in [5.41, 5.74) is 0. The first-order valence-electron chi connectivity index (χ1n) is 4.91. The second kappa shape index (κ2) is 5.95. The van der Waals surface area contributed by atoms with Crippen molar-refractivity contribution in [1.29, 1.82) is 0 Å². The average molecular weight is 238 g/mol. The van der Waals surface area contributed by atoms with Crippen molar-refractivity contribution in [1.82, 2.24) is 5.32 Å². The van der Waals surface area contributed by atoms with E-state index < -0.39 is 10.0 Å². The molecule has 0 aromatic carbocycles. The second-order valence-corrected chi connectivity index (χ2v) is 6.70. The summed E-state index contributed by atoms with van der Waals surface area (Å²) in [4.78, 5) is 0. The summed E-state index contributed by atoms with van der Waals surface area (Å²) in [6, 6.07) is 0. The number of rotatable bonds is 5. The fourth-order valence-electron chi connectivity index (χ4n) is 1.45. The lowest BCUT2D eigenvalue weighted by molar-refractivity contribution is 0.584. The van der Waals surface area contributed by atoms with E-state index in [4.69, 9.17) is 5.14 Å². The average Bonchev–Trinajstić information content (AvgIpc) is 2.13. The number of sulfonamides is 1. The Labute approximate surface area is 90.1 Å². The molecule has 4 nitrogen and oxygen atoms in total. The molecule has 1 aliphatic heterocycles. The molecule has 14 heavy (non-hydrogen) atoms. The Balaban J connectivity index is 2.03. The van der Waals surface area contributed by atoms with Gasteiger partial charge in [0.05, 0.1) is 5.75 Å². The maximum Gasteiger partial charge on any atom is 0.210 e. The SMILES string of the molecule is NS(=O)(=O)CCNCC1CCCCS1. The van der Waals surface area contributed by atoms with Crippen LogP contribution in [-0.2, 0) is 10.0 Å². The molecule has 0 amide bonds. The standard InChI is InChI=1S/C8H18N2O2S2/c9-14(11,12)6-4-10-7-8-3-1-2-5-13-8/h8,10H,1-7H2,(H2,9,11,12). The lowest BCUT2D eigenvalue weighted by Gasteiger charge is -2.21. The minimum absolute atomic E-state index is 0.0321. The van der Waals surface area contributed by atoms with Gasteiger partial charge in [0.15, 0.2) is 0 Å². The highest BCUT2D eigenvalue weighted by Gasteiger charge is 2.13. The molecule has 1 heterocycles. The zero-order chi connectivity index (χ0) is 10.4. The Kier molecular flexibility index (Phi) is 5.22. The fraction of sp³-hybridized carbons (Fsp3) is 1.00. The highest BCUT2D eigenvalue weighted by molar-refractivity contribution is 7.99. The van der Waals surface area contributed by atoms with Crippen LogP contribution in [0.4, 0.5) is 0 Å². The third-order valence-corrected chi connectivity index (χ3v) is 4.38. The molecule has 84 valence electrons. The first-order chi connectivity index (χ1) is 6.58. The summed E-state index contributed by atoms with van der Waals surface area (Å²) in [5.74, 6) is 1.27. The van der Waals surface area contributed by atoms with Crippen LogP contribution in [-0.4, -0.2) is 38.3 Å². The van der Waals surface area contributed by atoms with E-state index >= 15 is 0 Å². The van der Waals surface area contributed by atoms with Crippen LogP contribution < -0.4 is 10.5 Å². The van der Waals surface area contributed by atoms with Gasteiger partial charge in [-0.05, 0) is 18.6 Å². The van der Waals surface area contributed by atoms with Crippen molar-refractivity contribution in [3.8, 4) is 0 Å². The molecule has 1 atom stereocenters. The van der Waals surface area contributed by atoms with E-state index in [1.54, 1.807) is 0 Å². The number of hydrogen-bond donors (Lipinski definition) is 2. The predicted molar refractivity (Wildman–Crippen MR) is 60.9 cm³/mol. The number of nitrogens with two attached hydrogens (primary N) is 1. The molecule has 0 aromatic heterocycles. The van der Waals surface area contributed by atoms with Crippen LogP contribution >= 0.6 is 11.8 Å². The van der Waals surface area contributed by atoms with E-state index in [1.165, 1.54) is 25.0 Å². The molecule has 0 aliphatic carbocycles. The third-order valence-electron chi connectivity index (χ3n) is 2.21. The van der Waals surface area contributed by atoms with Gasteiger partial charge in [0.1, 0.15) is 0 Å². The quantitative estimate of drug-likeness (QED) is 0.669. The van der Waals surface area contributed by atoms with Gasteiger partial charge in [-0.2, -0.15) is 11.8 Å². The van der Waals surface area contributed by atoms with Crippen LogP contribution in [0.1, 0.15) is 19.3 Å². The van der Waals surface area contributed by atoms with Crippen molar-refractivity contribution < 1.29 is 8.42 Å². The van der Waals surface area contributed by atoms with Gasteiger partial charge in [-0.25, -0.2) is 13.6 Å². The van der Waals surface area contributed by atoms with Gasteiger partial charge in [-0.3, -0.25) is 0 Å². The molecule has 1 saturated heterocycles. The summed E-state index contributed by atoms with van der Waals surface area (Å²) in [6.07, 6.45) is 3.86. The van der Waals surface area contributed by atoms with Crippen molar-refractivity contribution in [2.45, 2.75) is 24.5 Å². The van der Waals surface area contributed by atoms with Crippen LogP contribution in [0.3, 0.4) is 0 Å². The molecule has 3 N–H and O–H groups in total. The summed E-state index contributed by atoms with van der Waals surface area (Å²) in [7, 11) is -3.30. The molecular formula is C8H18N2O2S2. The van der Waals surface area contributed by atoms with Gasteiger partial charge in [0.2, 0.25) is 10.0 Å². The van der Waals surface area contributed by atoms with E-state index in [1.807, 2.05) is 11.8 Å². The zero-order valence-corrected chi connectivity index (χ0v) is 9.87. The zero-order valence-electron chi connectivity index (χ0n) is 8.24. The normalized spacial score (nSPS) is 23.6. The van der Waals surface area contributed by atoms with Crippen LogP contribution in [0.2, 0.25) is 0 Å². The van der Waals surface area contributed by atoms with E-state index in [9.17, 15) is 8.42 Å². The molecule has 0 radical (unpaired) electrons. The Morgan fingerprint density at radius 2 is 2.21 bits per heavy atom. The molecule has 1 rings (SSSR count). The molecule has 1 unspecified atom stereocenters. The van der Waals surface area contributed by atoms with Gasteiger partial charge in [0, 0.05) is 18.3 Å². The molecule has 0 spiro atoms. The highest BCUT2D eigenvalue weighted by Crippen LogP contribution is 2.23. The third kappa shape index (κ3) is 5.85. The van der Waals surface area contributed by atoms with Crippen molar-refractivity contribution in [3.05, 3.63) is 0 Å². The van der Waals surface area contributed by atoms with E-state index in [0.717, 1.165) is 6.54 Å². The van der Waals surface area contributed by atoms with Crippen molar-refractivity contribution in [3.63, 3.8) is 0 Å². The molecule has 0 saturated carbocycles. The maximum atomic E-state index is 10.6. The van der Waals surface area contributed by atoms with Crippen LogP contribution in [0.25, 0.3) is 0 Å². The minimum atomic E-state index is -3.30. The number of thioether (sulfide) groups is 1. The Morgan fingerprint density at radius 3 is 2.79 bits per heavy atom. The summed E-state index contributed by atoms with van der Waals surface area (Å²) >= 11 is 1.98. The van der Waals surface area contributed by atoms with E-state index in [0.29, 0.717) is 11.8 Å². The first-order valence-corrected chi connectivity index (χ1v) is 7.67. The van der Waals surface area contributed by atoms with Crippen molar-refractivity contribution >= 4 is 21.8 Å². The largest absolute Gasteiger partial charge is 0.315 e. The van der Waals surface area contributed by atoms with Gasteiger partial charge >= 0.3 is 0 Å². The van der Waals surface area contributed by atoms with Gasteiger partial charge in [0.25, 0.3) is 0 Å². The Hall–Kier alpha value is 0.220. The molecule has 1 fully saturated rings. The number of primary sulfonamides is 1. The number of hydrogen-bond acceptors (Lipinski definition) is 4. The predicted octanol–water partition coefficient (Wildman–Crippen LogP) is 0.150. The Bertz CT molecular complexity index is 248. The topological polar surface area (TPSA) is 72.2 Å². The van der Waals surface area contributed by atoms with Gasteiger partial charge < -0.3 is 5.32 Å². The highest BCUT2D eigenvalue weighted by atomic mass is 32.2. The van der Waals surface area contributed by atoms with Crippen LogP contribution in [0, 0.1) is 0 Å². The first kappa shape index (κ1) is 12.3. The summed E-state index contributed by atoms with van der Waals surface area (Å²) in [6.45, 7) is 1.37. The lowest BCUT2D eigenvalue weighted by atomic mass is 10.2. The minimum Gasteiger partial charge on any atom is -0.315 e. The molecular weight excluding hydrogens is 220 g/mol. The van der Waals surface area contributed by atoms with Gasteiger partial charge in [-0.15, -0.1) is 0 Å². The molecule has 0 bridgehead atoms. The maximum absolute atomic E-state index is 10.6. The van der Waals surface area contributed by atoms with Gasteiger partial charge in [-0.1, -0.05) is 6.42 Å². The lowest BCUT2D eigenvalue weighted by Crippen LogP contribution is -2.32. The second-order valence-electron chi connectivity index (χ2n) is 3.56. The van der Waals surface area contributed by atoms with Crippen molar-refractivity contribution in [2.75, 3.05) is 24.6 Å². The molecule has 0 aromatic rings. The summed E-state index contributed by atoms with van der Waals surface area (Å²) in [5, 5.41) is 8.67. The molecule has 1 aliphatic rings. The smallest absolute Gasteiger partial charge is 0.210 e. The van der Waals surface area contributed by atoms with Crippen molar-refractivity contribution in [2.24, 2.45) is 5.14 Å². The fourth-order valence-corrected chi connectivity index (χ4v) is 3.15. The number of nitrogens with one attached hydrogen (secondary N) is 1. The molecule has 6 heteroatoms. The monoisotopic (exact) mass is 238 g/mol. The van der Waals surface area contributed by atoms with E-state index in [2.05, 4.69) is 5.32 Å². The Morgan fingerprint density at radius 1 is 1.43 bits per heavy atom. The van der Waals surface area contributed by atoms with E-state index in [-0.39, 0.29) is 5.75 Å².